The van der Waals surface area contributed by atoms with Gasteiger partial charge in [-0.25, -0.2) is 0 Å². The van der Waals surface area contributed by atoms with Crippen molar-refractivity contribution >= 4 is 43.6 Å². The first-order chi connectivity index (χ1) is 29.3. The minimum absolute atomic E-state index is 0.417. The summed E-state index contributed by atoms with van der Waals surface area (Å²) in [7, 11) is 0. The molecular weight excluding hydrogens is 713 g/mol. The van der Waals surface area contributed by atoms with Gasteiger partial charge in [-0.1, -0.05) is 146 Å². The summed E-state index contributed by atoms with van der Waals surface area (Å²) in [5, 5.41) is 5.05. The van der Waals surface area contributed by atoms with E-state index in [1.54, 1.807) is 0 Å². The molecule has 1 spiro atoms. The van der Waals surface area contributed by atoms with Gasteiger partial charge in [0.15, 0.2) is 0 Å². The van der Waals surface area contributed by atoms with Crippen molar-refractivity contribution in [3.05, 3.63) is 251 Å². The molecule has 2 aliphatic carbocycles. The van der Waals surface area contributed by atoms with Crippen molar-refractivity contribution in [3.8, 4) is 22.5 Å². The van der Waals surface area contributed by atoms with Gasteiger partial charge in [-0.05, 0) is 129 Å². The Balaban J connectivity index is 1.02. The van der Waals surface area contributed by atoms with E-state index in [9.17, 15) is 0 Å². The highest BCUT2D eigenvalue weighted by atomic mass is 15.0. The lowest BCUT2D eigenvalue weighted by Crippen LogP contribution is -2.40. The van der Waals surface area contributed by atoms with Crippen LogP contribution in [0.3, 0.4) is 0 Å². The zero-order valence-electron chi connectivity index (χ0n) is 32.4. The SMILES string of the molecule is c1ccc(-n2c3ccccc3c3cc(-c4ccc5c(c4)c4ccccc4n5-c4ccc5c(c4)C4(c6ccccc6Cc6ccccc64)c4ccccc4C5)ccc32)cc1. The Morgan fingerprint density at radius 2 is 0.712 bits per heavy atom. The standard InChI is InChI=1S/C57H38N2/c1-2-17-43(18-3-1)58-53-24-12-7-19-45(53)47-34-37(27-30-55(47)58)38-28-31-56-48(35-38)46-20-8-13-25-54(46)59(56)44-29-26-42-33-41-16-6-11-23-51(41)57(52(42)36-44)49-21-9-4-14-39(49)32-40-15-5-10-22-50(40)57/h1-31,34-36H,32-33H2. The Labute approximate surface area is 342 Å². The van der Waals surface area contributed by atoms with Gasteiger partial charge in [0.1, 0.15) is 0 Å². The highest BCUT2D eigenvalue weighted by Gasteiger charge is 2.47. The van der Waals surface area contributed by atoms with Crippen molar-refractivity contribution < 1.29 is 0 Å². The van der Waals surface area contributed by atoms with Gasteiger partial charge >= 0.3 is 0 Å². The van der Waals surface area contributed by atoms with Crippen molar-refractivity contribution in [2.24, 2.45) is 0 Å². The lowest BCUT2D eigenvalue weighted by atomic mass is 9.55. The quantitative estimate of drug-likeness (QED) is 0.170. The molecule has 0 N–H and O–H groups in total. The summed E-state index contributed by atoms with van der Waals surface area (Å²) in [6, 6.07) is 77.3. The monoisotopic (exact) mass is 750 g/mol. The predicted molar refractivity (Wildman–Crippen MR) is 244 cm³/mol. The summed E-state index contributed by atoms with van der Waals surface area (Å²) >= 11 is 0. The number of aromatic nitrogens is 2. The van der Waals surface area contributed by atoms with Gasteiger partial charge in [0.25, 0.3) is 0 Å². The van der Waals surface area contributed by atoms with Crippen LogP contribution >= 0.6 is 0 Å². The molecule has 11 aromatic rings. The Kier molecular flexibility index (Phi) is 6.80. The molecule has 13 rings (SSSR count). The number of benzene rings is 9. The second-order valence-electron chi connectivity index (χ2n) is 16.4. The molecule has 0 bridgehead atoms. The van der Waals surface area contributed by atoms with E-state index in [0.717, 1.165) is 12.8 Å². The first kappa shape index (κ1) is 32.6. The summed E-state index contributed by atoms with van der Waals surface area (Å²) in [4.78, 5) is 0. The number of hydrogen-bond donors (Lipinski definition) is 0. The van der Waals surface area contributed by atoms with Gasteiger partial charge in [-0.15, -0.1) is 0 Å². The molecule has 2 aromatic heterocycles. The normalized spacial score (nSPS) is 13.8. The van der Waals surface area contributed by atoms with Gasteiger partial charge in [0, 0.05) is 32.9 Å². The molecule has 0 atom stereocenters. The molecule has 0 fully saturated rings. The first-order valence-corrected chi connectivity index (χ1v) is 20.8. The minimum Gasteiger partial charge on any atom is -0.309 e. The number of nitrogens with zero attached hydrogens (tertiary/aromatic N) is 2. The van der Waals surface area contributed by atoms with Crippen LogP contribution in [0.15, 0.2) is 206 Å². The smallest absolute Gasteiger partial charge is 0.0713 e. The van der Waals surface area contributed by atoms with Gasteiger partial charge < -0.3 is 9.13 Å². The van der Waals surface area contributed by atoms with Crippen LogP contribution in [0.25, 0.3) is 66.1 Å². The maximum Gasteiger partial charge on any atom is 0.0713 e. The molecule has 9 aromatic carbocycles. The lowest BCUT2D eigenvalue weighted by molar-refractivity contribution is 0.669. The fourth-order valence-electron chi connectivity index (χ4n) is 11.0. The summed E-state index contributed by atoms with van der Waals surface area (Å²) in [5.74, 6) is 0. The lowest BCUT2D eigenvalue weighted by Gasteiger charge is -2.46. The van der Waals surface area contributed by atoms with Crippen LogP contribution in [0.2, 0.25) is 0 Å². The van der Waals surface area contributed by atoms with Crippen LogP contribution in [-0.2, 0) is 18.3 Å². The van der Waals surface area contributed by atoms with Crippen LogP contribution in [0.1, 0.15) is 44.5 Å². The Bertz CT molecular complexity index is 3400. The van der Waals surface area contributed by atoms with E-state index >= 15 is 0 Å². The van der Waals surface area contributed by atoms with Gasteiger partial charge in [-0.2, -0.15) is 0 Å². The fraction of sp³-hybridized carbons (Fsp3) is 0.0526. The van der Waals surface area contributed by atoms with Gasteiger partial charge in [-0.3, -0.25) is 0 Å². The van der Waals surface area contributed by atoms with Crippen LogP contribution in [0.4, 0.5) is 0 Å². The van der Waals surface area contributed by atoms with Gasteiger partial charge in [0.2, 0.25) is 0 Å². The maximum absolute atomic E-state index is 2.53. The van der Waals surface area contributed by atoms with Crippen LogP contribution in [-0.4, -0.2) is 9.13 Å². The van der Waals surface area contributed by atoms with Crippen LogP contribution < -0.4 is 0 Å². The second kappa shape index (κ2) is 12.3. The molecule has 0 radical (unpaired) electrons. The predicted octanol–water partition coefficient (Wildman–Crippen LogP) is 13.7. The molecular formula is C57H38N2. The maximum atomic E-state index is 2.53. The van der Waals surface area contributed by atoms with Crippen molar-refractivity contribution in [1.29, 1.82) is 0 Å². The van der Waals surface area contributed by atoms with E-state index < -0.39 is 5.41 Å². The highest BCUT2D eigenvalue weighted by Crippen LogP contribution is 2.55. The van der Waals surface area contributed by atoms with Gasteiger partial charge in [0.05, 0.1) is 27.5 Å². The second-order valence-corrected chi connectivity index (χ2v) is 16.4. The molecule has 0 unspecified atom stereocenters. The van der Waals surface area contributed by atoms with E-state index in [-0.39, 0.29) is 0 Å². The van der Waals surface area contributed by atoms with E-state index in [2.05, 4.69) is 215 Å². The molecule has 2 heterocycles. The van der Waals surface area contributed by atoms with E-state index in [1.165, 1.54) is 111 Å². The molecule has 2 heteroatoms. The molecule has 0 amide bonds. The topological polar surface area (TPSA) is 9.86 Å². The van der Waals surface area contributed by atoms with E-state index in [1.807, 2.05) is 0 Å². The summed E-state index contributed by atoms with van der Waals surface area (Å²) in [6.45, 7) is 0. The summed E-state index contributed by atoms with van der Waals surface area (Å²) in [6.07, 6.45) is 1.87. The fourth-order valence-corrected chi connectivity index (χ4v) is 11.0. The summed E-state index contributed by atoms with van der Waals surface area (Å²) < 4.78 is 4.89. The number of para-hydroxylation sites is 3. The number of fused-ring (bicyclic) bond motifs is 14. The molecule has 59 heavy (non-hydrogen) atoms. The Morgan fingerprint density at radius 3 is 1.25 bits per heavy atom. The third-order valence-electron chi connectivity index (χ3n) is 13.5. The largest absolute Gasteiger partial charge is 0.309 e. The van der Waals surface area contributed by atoms with Crippen molar-refractivity contribution in [3.63, 3.8) is 0 Å². The number of rotatable bonds is 3. The minimum atomic E-state index is -0.417. The van der Waals surface area contributed by atoms with E-state index in [4.69, 9.17) is 0 Å². The van der Waals surface area contributed by atoms with Crippen LogP contribution in [0.5, 0.6) is 0 Å². The zero-order chi connectivity index (χ0) is 38.7. The first-order valence-electron chi connectivity index (χ1n) is 20.8. The average molecular weight is 751 g/mol. The van der Waals surface area contributed by atoms with Crippen molar-refractivity contribution in [2.75, 3.05) is 0 Å². The third-order valence-corrected chi connectivity index (χ3v) is 13.5. The zero-order valence-corrected chi connectivity index (χ0v) is 32.4. The third kappa shape index (κ3) is 4.52. The molecule has 0 saturated carbocycles. The van der Waals surface area contributed by atoms with Crippen molar-refractivity contribution in [2.45, 2.75) is 18.3 Å². The van der Waals surface area contributed by atoms with Crippen molar-refractivity contribution in [1.82, 2.24) is 9.13 Å². The molecule has 276 valence electrons. The molecule has 0 aliphatic heterocycles. The highest BCUT2D eigenvalue weighted by molar-refractivity contribution is 6.12. The Hall–Kier alpha value is -7.42. The molecule has 2 nitrogen and oxygen atoms in total. The Morgan fingerprint density at radius 1 is 0.288 bits per heavy atom. The van der Waals surface area contributed by atoms with Crippen LogP contribution in [0, 0.1) is 0 Å². The van der Waals surface area contributed by atoms with E-state index in [0.29, 0.717) is 0 Å². The number of hydrogen-bond acceptors (Lipinski definition) is 0. The molecule has 0 saturated heterocycles. The molecule has 2 aliphatic rings. The average Bonchev–Trinajstić information content (AvgIpc) is 3.81. The summed E-state index contributed by atoms with van der Waals surface area (Å²) in [5.41, 5.74) is 20.5.